The molecule has 8 heteroatoms. The van der Waals surface area contributed by atoms with E-state index in [9.17, 15) is 18.0 Å². The van der Waals surface area contributed by atoms with E-state index in [1.54, 1.807) is 17.9 Å². The molecule has 1 atom stereocenters. The van der Waals surface area contributed by atoms with Crippen LogP contribution in [0.2, 0.25) is 0 Å². The van der Waals surface area contributed by atoms with Crippen molar-refractivity contribution in [3.05, 3.63) is 64.7 Å². The summed E-state index contributed by atoms with van der Waals surface area (Å²) in [6.45, 7) is 10.6. The molecule has 0 aliphatic heterocycles. The third kappa shape index (κ3) is 8.09. The predicted molar refractivity (Wildman–Crippen MR) is 142 cm³/mol. The van der Waals surface area contributed by atoms with E-state index in [0.29, 0.717) is 25.2 Å². The Balaban J connectivity index is 2.19. The van der Waals surface area contributed by atoms with Crippen LogP contribution in [0.4, 0.5) is 5.69 Å². The van der Waals surface area contributed by atoms with E-state index in [2.05, 4.69) is 5.32 Å². The lowest BCUT2D eigenvalue weighted by atomic mass is 10.1. The summed E-state index contributed by atoms with van der Waals surface area (Å²) >= 11 is 0. The molecule has 2 aromatic rings. The highest BCUT2D eigenvalue weighted by atomic mass is 32.2. The van der Waals surface area contributed by atoms with E-state index in [1.165, 1.54) is 10.6 Å². The Morgan fingerprint density at radius 2 is 1.74 bits per heavy atom. The van der Waals surface area contributed by atoms with Gasteiger partial charge in [0.05, 0.1) is 11.9 Å². The Morgan fingerprint density at radius 1 is 1.06 bits per heavy atom. The number of nitrogens with one attached hydrogen (secondary N) is 1. The topological polar surface area (TPSA) is 86.8 Å². The lowest BCUT2D eigenvalue weighted by Gasteiger charge is -2.30. The summed E-state index contributed by atoms with van der Waals surface area (Å²) in [7, 11) is -3.52. The van der Waals surface area contributed by atoms with Crippen molar-refractivity contribution in [2.45, 2.75) is 66.5 Å². The molecule has 192 valence electrons. The van der Waals surface area contributed by atoms with Crippen LogP contribution in [0.1, 0.15) is 55.4 Å². The molecule has 0 heterocycles. The van der Waals surface area contributed by atoms with E-state index >= 15 is 0 Å². The van der Waals surface area contributed by atoms with E-state index in [0.717, 1.165) is 28.7 Å². The smallest absolute Gasteiger partial charge is 0.242 e. The highest BCUT2D eigenvalue weighted by Crippen LogP contribution is 2.25. The SMILES string of the molecule is CCCNC(=O)[C@@H](C)N(Cc1cccc(C)c1)C(=O)CCCN(c1cccc(C)c1C)S(C)(=O)=O. The van der Waals surface area contributed by atoms with Gasteiger partial charge in [0.2, 0.25) is 21.8 Å². The van der Waals surface area contributed by atoms with Crippen molar-refractivity contribution in [1.29, 1.82) is 0 Å². The third-order valence-corrected chi connectivity index (χ3v) is 7.33. The molecule has 2 aromatic carbocycles. The largest absolute Gasteiger partial charge is 0.354 e. The fraction of sp³-hybridized carbons (Fsp3) is 0.481. The van der Waals surface area contributed by atoms with Crippen LogP contribution in [0.15, 0.2) is 42.5 Å². The molecular weight excluding hydrogens is 462 g/mol. The number of anilines is 1. The van der Waals surface area contributed by atoms with E-state index in [4.69, 9.17) is 0 Å². The average Bonchev–Trinajstić information content (AvgIpc) is 2.79. The second-order valence-electron chi connectivity index (χ2n) is 9.14. The molecule has 0 aromatic heterocycles. The lowest BCUT2D eigenvalue weighted by Crippen LogP contribution is -2.47. The first kappa shape index (κ1) is 28.4. The fourth-order valence-electron chi connectivity index (χ4n) is 3.97. The minimum Gasteiger partial charge on any atom is -0.354 e. The summed E-state index contributed by atoms with van der Waals surface area (Å²) in [6.07, 6.45) is 2.46. The molecule has 0 spiro atoms. The Bertz CT molecular complexity index is 1130. The fourth-order valence-corrected chi connectivity index (χ4v) is 4.99. The van der Waals surface area contributed by atoms with Gasteiger partial charge in [-0.1, -0.05) is 48.9 Å². The van der Waals surface area contributed by atoms with Crippen LogP contribution in [-0.4, -0.2) is 50.5 Å². The van der Waals surface area contributed by atoms with E-state index < -0.39 is 16.1 Å². The Labute approximate surface area is 210 Å². The van der Waals surface area contributed by atoms with Gasteiger partial charge in [0.15, 0.2) is 0 Å². The van der Waals surface area contributed by atoms with Gasteiger partial charge in [-0.3, -0.25) is 13.9 Å². The number of carbonyl (C=O) groups excluding carboxylic acids is 2. The first-order valence-corrected chi connectivity index (χ1v) is 14.0. The van der Waals surface area contributed by atoms with Gasteiger partial charge in [-0.05, 0) is 63.3 Å². The van der Waals surface area contributed by atoms with Crippen molar-refractivity contribution < 1.29 is 18.0 Å². The van der Waals surface area contributed by atoms with Crippen LogP contribution in [0, 0.1) is 20.8 Å². The summed E-state index contributed by atoms with van der Waals surface area (Å²) in [5.74, 6) is -0.374. The number of sulfonamides is 1. The van der Waals surface area contributed by atoms with Crippen LogP contribution in [-0.2, 0) is 26.2 Å². The van der Waals surface area contributed by atoms with Crippen molar-refractivity contribution in [2.24, 2.45) is 0 Å². The van der Waals surface area contributed by atoms with Crippen LogP contribution in [0.3, 0.4) is 0 Å². The second kappa shape index (κ2) is 12.7. The average molecular weight is 502 g/mol. The Morgan fingerprint density at radius 3 is 2.37 bits per heavy atom. The maximum absolute atomic E-state index is 13.3. The van der Waals surface area contributed by atoms with Gasteiger partial charge >= 0.3 is 0 Å². The summed E-state index contributed by atoms with van der Waals surface area (Å²) in [4.78, 5) is 27.6. The molecule has 0 radical (unpaired) electrons. The summed E-state index contributed by atoms with van der Waals surface area (Å²) in [6, 6.07) is 12.8. The molecule has 0 aliphatic carbocycles. The van der Waals surface area contributed by atoms with Gasteiger partial charge in [-0.15, -0.1) is 0 Å². The van der Waals surface area contributed by atoms with Gasteiger partial charge in [0.25, 0.3) is 0 Å². The molecule has 0 fully saturated rings. The molecule has 0 aliphatic rings. The van der Waals surface area contributed by atoms with Crippen molar-refractivity contribution >= 4 is 27.5 Å². The Kier molecular flexibility index (Phi) is 10.3. The van der Waals surface area contributed by atoms with Crippen LogP contribution in [0.5, 0.6) is 0 Å². The lowest BCUT2D eigenvalue weighted by molar-refractivity contribution is -0.140. The molecule has 2 amide bonds. The Hall–Kier alpha value is -2.87. The number of hydrogen-bond acceptors (Lipinski definition) is 4. The first-order valence-electron chi connectivity index (χ1n) is 12.1. The molecule has 0 saturated heterocycles. The van der Waals surface area contributed by atoms with E-state index in [-0.39, 0.29) is 24.8 Å². The number of amides is 2. The minimum absolute atomic E-state index is 0.133. The summed E-state index contributed by atoms with van der Waals surface area (Å²) < 4.78 is 26.5. The van der Waals surface area contributed by atoms with Gasteiger partial charge in [0, 0.05) is 26.1 Å². The van der Waals surface area contributed by atoms with Crippen LogP contribution < -0.4 is 9.62 Å². The number of carbonyl (C=O) groups is 2. The molecule has 2 rings (SSSR count). The second-order valence-corrected chi connectivity index (χ2v) is 11.0. The zero-order valence-electron chi connectivity index (χ0n) is 21.8. The van der Waals surface area contributed by atoms with Crippen molar-refractivity contribution in [3.63, 3.8) is 0 Å². The highest BCUT2D eigenvalue weighted by molar-refractivity contribution is 7.92. The first-order chi connectivity index (χ1) is 16.5. The van der Waals surface area contributed by atoms with Gasteiger partial charge in [-0.25, -0.2) is 8.42 Å². The van der Waals surface area contributed by atoms with Crippen LogP contribution in [0.25, 0.3) is 0 Å². The molecule has 0 unspecified atom stereocenters. The molecule has 1 N–H and O–H groups in total. The maximum Gasteiger partial charge on any atom is 0.242 e. The zero-order chi connectivity index (χ0) is 26.2. The minimum atomic E-state index is -3.52. The van der Waals surface area contributed by atoms with E-state index in [1.807, 2.05) is 64.1 Å². The number of hydrogen-bond donors (Lipinski definition) is 1. The quantitative estimate of drug-likeness (QED) is 0.474. The van der Waals surface area contributed by atoms with Crippen molar-refractivity contribution in [1.82, 2.24) is 10.2 Å². The molecular formula is C27H39N3O4S. The summed E-state index contributed by atoms with van der Waals surface area (Å²) in [5.41, 5.74) is 4.55. The highest BCUT2D eigenvalue weighted by Gasteiger charge is 2.26. The normalized spacial score (nSPS) is 12.2. The molecule has 35 heavy (non-hydrogen) atoms. The number of aryl methyl sites for hydroxylation is 2. The number of benzene rings is 2. The standard InChI is InChI=1S/C27H39N3O4S/c1-7-16-28-27(32)23(5)29(19-24-13-8-11-20(2)18-24)26(31)15-10-17-30(35(6,33)34)25-14-9-12-21(3)22(25)4/h8-9,11-14,18,23H,7,10,15-17,19H2,1-6H3,(H,28,32)/t23-/m1/s1. The molecule has 0 bridgehead atoms. The number of nitrogens with zero attached hydrogens (tertiary/aromatic N) is 2. The van der Waals surface area contributed by atoms with Crippen molar-refractivity contribution in [3.8, 4) is 0 Å². The van der Waals surface area contributed by atoms with Crippen molar-refractivity contribution in [2.75, 3.05) is 23.7 Å². The van der Waals surface area contributed by atoms with Gasteiger partial charge < -0.3 is 10.2 Å². The third-order valence-electron chi connectivity index (χ3n) is 6.15. The predicted octanol–water partition coefficient (Wildman–Crippen LogP) is 4.10. The number of rotatable bonds is 12. The monoisotopic (exact) mass is 501 g/mol. The van der Waals surface area contributed by atoms with Crippen LogP contribution >= 0.6 is 0 Å². The summed E-state index contributed by atoms with van der Waals surface area (Å²) in [5, 5.41) is 2.87. The molecule has 7 nitrogen and oxygen atoms in total. The maximum atomic E-state index is 13.3. The zero-order valence-corrected chi connectivity index (χ0v) is 22.6. The molecule has 0 saturated carbocycles. The van der Waals surface area contributed by atoms with Gasteiger partial charge in [-0.2, -0.15) is 0 Å². The van der Waals surface area contributed by atoms with Gasteiger partial charge in [0.1, 0.15) is 6.04 Å².